The summed E-state index contributed by atoms with van der Waals surface area (Å²) < 4.78 is 0. The van der Waals surface area contributed by atoms with E-state index in [1.54, 1.807) is 11.8 Å². The lowest BCUT2D eigenvalue weighted by Gasteiger charge is -2.36. The lowest BCUT2D eigenvalue weighted by molar-refractivity contribution is -0.143. The molecule has 0 saturated carbocycles. The fraction of sp³-hybridized carbons (Fsp3) is 0.846. The van der Waals surface area contributed by atoms with Crippen LogP contribution in [0.3, 0.4) is 0 Å². The van der Waals surface area contributed by atoms with Crippen LogP contribution >= 0.6 is 0 Å². The number of carbonyl (C=O) groups excluding carboxylic acids is 1. The molecule has 6 nitrogen and oxygen atoms in total. The molecule has 2 atom stereocenters. The van der Waals surface area contributed by atoms with Crippen molar-refractivity contribution in [3.63, 3.8) is 0 Å². The minimum Gasteiger partial charge on any atom is -0.480 e. The minimum absolute atomic E-state index is 0.0384. The molecule has 2 amide bonds. The average Bonchev–Trinajstić information content (AvgIpc) is 2.38. The monoisotopic (exact) mass is 271 g/mol. The third kappa shape index (κ3) is 4.70. The van der Waals surface area contributed by atoms with Gasteiger partial charge in [0.05, 0.1) is 0 Å². The molecule has 110 valence electrons. The Kier molecular flexibility index (Phi) is 6.08. The van der Waals surface area contributed by atoms with Crippen molar-refractivity contribution in [3.05, 3.63) is 0 Å². The smallest absolute Gasteiger partial charge is 0.320 e. The quantitative estimate of drug-likeness (QED) is 0.781. The third-order valence-corrected chi connectivity index (χ3v) is 3.60. The van der Waals surface area contributed by atoms with Crippen LogP contribution in [0.25, 0.3) is 0 Å². The molecule has 1 heterocycles. The van der Waals surface area contributed by atoms with E-state index >= 15 is 0 Å². The van der Waals surface area contributed by atoms with E-state index in [0.29, 0.717) is 26.2 Å². The molecule has 0 aromatic carbocycles. The Morgan fingerprint density at radius 2 is 1.79 bits per heavy atom. The number of piperazine rings is 1. The van der Waals surface area contributed by atoms with Gasteiger partial charge in [0.25, 0.3) is 0 Å². The molecule has 0 bridgehead atoms. The maximum absolute atomic E-state index is 12.0. The maximum Gasteiger partial charge on any atom is 0.320 e. The topological polar surface area (TPSA) is 72.9 Å². The van der Waals surface area contributed by atoms with Crippen LogP contribution in [-0.2, 0) is 4.79 Å². The Labute approximate surface area is 114 Å². The molecule has 0 spiro atoms. The number of rotatable bonds is 5. The lowest BCUT2D eigenvalue weighted by Crippen LogP contribution is -2.55. The van der Waals surface area contributed by atoms with Crippen molar-refractivity contribution < 1.29 is 14.7 Å². The van der Waals surface area contributed by atoms with Gasteiger partial charge in [0, 0.05) is 32.2 Å². The molecule has 6 heteroatoms. The number of nitrogens with one attached hydrogen (secondary N) is 1. The van der Waals surface area contributed by atoms with Gasteiger partial charge in [-0.05, 0) is 20.3 Å². The van der Waals surface area contributed by atoms with Crippen LogP contribution < -0.4 is 5.32 Å². The Morgan fingerprint density at radius 1 is 1.21 bits per heavy atom. The van der Waals surface area contributed by atoms with Gasteiger partial charge in [-0.3, -0.25) is 9.69 Å². The van der Waals surface area contributed by atoms with Gasteiger partial charge in [0.15, 0.2) is 0 Å². The van der Waals surface area contributed by atoms with Gasteiger partial charge in [-0.15, -0.1) is 0 Å². The molecular weight excluding hydrogens is 246 g/mol. The summed E-state index contributed by atoms with van der Waals surface area (Å²) in [6.45, 7) is 8.18. The molecule has 0 aromatic rings. The van der Waals surface area contributed by atoms with E-state index in [4.69, 9.17) is 5.11 Å². The maximum atomic E-state index is 12.0. The predicted octanol–water partition coefficient (Wildman–Crippen LogP) is 0.975. The molecule has 2 N–H and O–H groups in total. The van der Waals surface area contributed by atoms with E-state index in [9.17, 15) is 9.59 Å². The Morgan fingerprint density at radius 3 is 2.26 bits per heavy atom. The molecule has 1 aliphatic rings. The fourth-order valence-electron chi connectivity index (χ4n) is 2.28. The minimum atomic E-state index is -0.811. The first kappa shape index (κ1) is 15.8. The molecule has 0 aromatic heterocycles. The van der Waals surface area contributed by atoms with Gasteiger partial charge in [0.2, 0.25) is 0 Å². The highest BCUT2D eigenvalue weighted by Crippen LogP contribution is 2.07. The zero-order valence-electron chi connectivity index (χ0n) is 12.1. The second kappa shape index (κ2) is 7.33. The summed E-state index contributed by atoms with van der Waals surface area (Å²) in [6, 6.07) is -0.332. The fourth-order valence-corrected chi connectivity index (χ4v) is 2.28. The normalized spacial score (nSPS) is 19.8. The number of nitrogens with zero attached hydrogens (tertiary/aromatic N) is 2. The van der Waals surface area contributed by atoms with Gasteiger partial charge in [-0.2, -0.15) is 0 Å². The molecule has 2 unspecified atom stereocenters. The van der Waals surface area contributed by atoms with Crippen molar-refractivity contribution >= 4 is 12.0 Å². The van der Waals surface area contributed by atoms with Crippen molar-refractivity contribution in [3.8, 4) is 0 Å². The number of carboxylic acid groups (broad SMARTS) is 1. The second-order valence-corrected chi connectivity index (χ2v) is 5.18. The molecular formula is C13H25N3O3. The van der Waals surface area contributed by atoms with Crippen molar-refractivity contribution in [2.24, 2.45) is 0 Å². The van der Waals surface area contributed by atoms with E-state index in [1.165, 1.54) is 0 Å². The van der Waals surface area contributed by atoms with Crippen LogP contribution in [0.4, 0.5) is 4.79 Å². The zero-order chi connectivity index (χ0) is 14.4. The van der Waals surface area contributed by atoms with Crippen LogP contribution in [0.15, 0.2) is 0 Å². The summed E-state index contributed by atoms with van der Waals surface area (Å²) in [4.78, 5) is 26.5. The molecule has 1 saturated heterocycles. The van der Waals surface area contributed by atoms with Gasteiger partial charge in [-0.25, -0.2) is 4.79 Å². The summed E-state index contributed by atoms with van der Waals surface area (Å²) in [5.74, 6) is -0.811. The summed E-state index contributed by atoms with van der Waals surface area (Å²) in [7, 11) is 0. The van der Waals surface area contributed by atoms with Gasteiger partial charge in [0.1, 0.15) is 6.04 Å². The molecule has 1 rings (SSSR count). The molecule has 19 heavy (non-hydrogen) atoms. The van der Waals surface area contributed by atoms with Crippen LogP contribution in [0.2, 0.25) is 0 Å². The Balaban J connectivity index is 2.37. The van der Waals surface area contributed by atoms with E-state index in [0.717, 1.165) is 12.8 Å². The van der Waals surface area contributed by atoms with Crippen LogP contribution in [0, 0.1) is 0 Å². The Hall–Kier alpha value is -1.30. The first-order valence-corrected chi connectivity index (χ1v) is 6.98. The summed E-state index contributed by atoms with van der Waals surface area (Å²) >= 11 is 0. The standard InChI is InChI=1S/C13H25N3O3/c1-4-5-10(2)14-13(19)16-8-6-15(7-9-16)11(3)12(17)18/h10-11H,4-9H2,1-3H3,(H,14,19)(H,17,18). The average molecular weight is 271 g/mol. The number of amides is 2. The third-order valence-electron chi connectivity index (χ3n) is 3.60. The summed E-state index contributed by atoms with van der Waals surface area (Å²) in [6.07, 6.45) is 2.02. The lowest BCUT2D eigenvalue weighted by atomic mass is 10.2. The van der Waals surface area contributed by atoms with Gasteiger partial charge in [-0.1, -0.05) is 13.3 Å². The number of carboxylic acids is 1. The largest absolute Gasteiger partial charge is 0.480 e. The summed E-state index contributed by atoms with van der Waals surface area (Å²) in [5, 5.41) is 11.9. The second-order valence-electron chi connectivity index (χ2n) is 5.18. The molecule has 0 radical (unpaired) electrons. The number of carbonyl (C=O) groups is 2. The first-order chi connectivity index (χ1) is 8.95. The first-order valence-electron chi connectivity index (χ1n) is 6.98. The van der Waals surface area contributed by atoms with Crippen LogP contribution in [0.1, 0.15) is 33.6 Å². The number of urea groups is 1. The highest BCUT2D eigenvalue weighted by atomic mass is 16.4. The number of aliphatic carboxylic acids is 1. The van der Waals surface area contributed by atoms with Crippen molar-refractivity contribution in [1.82, 2.24) is 15.1 Å². The predicted molar refractivity (Wildman–Crippen MR) is 73.1 cm³/mol. The summed E-state index contributed by atoms with van der Waals surface area (Å²) in [5.41, 5.74) is 0. The van der Waals surface area contributed by atoms with Gasteiger partial charge < -0.3 is 15.3 Å². The SMILES string of the molecule is CCCC(C)NC(=O)N1CCN(C(C)C(=O)O)CC1. The van der Waals surface area contributed by atoms with E-state index in [-0.39, 0.29) is 12.1 Å². The van der Waals surface area contributed by atoms with E-state index in [1.807, 2.05) is 11.8 Å². The van der Waals surface area contributed by atoms with Crippen molar-refractivity contribution in [2.45, 2.75) is 45.7 Å². The highest BCUT2D eigenvalue weighted by Gasteiger charge is 2.27. The van der Waals surface area contributed by atoms with Crippen LogP contribution in [0.5, 0.6) is 0 Å². The Bertz CT molecular complexity index is 314. The molecule has 1 fully saturated rings. The molecule has 0 aliphatic carbocycles. The zero-order valence-corrected chi connectivity index (χ0v) is 12.1. The molecule has 1 aliphatic heterocycles. The highest BCUT2D eigenvalue weighted by molar-refractivity contribution is 5.75. The van der Waals surface area contributed by atoms with Gasteiger partial charge >= 0.3 is 12.0 Å². The van der Waals surface area contributed by atoms with Crippen molar-refractivity contribution in [2.75, 3.05) is 26.2 Å². The van der Waals surface area contributed by atoms with E-state index < -0.39 is 12.0 Å². The van der Waals surface area contributed by atoms with Crippen LogP contribution in [-0.4, -0.2) is 65.2 Å². The number of hydrogen-bond donors (Lipinski definition) is 2. The van der Waals surface area contributed by atoms with E-state index in [2.05, 4.69) is 12.2 Å². The van der Waals surface area contributed by atoms with Crippen molar-refractivity contribution in [1.29, 1.82) is 0 Å². The number of hydrogen-bond acceptors (Lipinski definition) is 3.